The predicted octanol–water partition coefficient (Wildman–Crippen LogP) is -1.89. The number of rotatable bonds is 5. The van der Waals surface area contributed by atoms with Crippen molar-refractivity contribution in [2.24, 2.45) is 11.5 Å². The third-order valence-corrected chi connectivity index (χ3v) is 3.08. The lowest BCUT2D eigenvalue weighted by molar-refractivity contribution is -0.138. The summed E-state index contributed by atoms with van der Waals surface area (Å²) in [5, 5.41) is 6.86. The topological polar surface area (TPSA) is 141 Å². The summed E-state index contributed by atoms with van der Waals surface area (Å²) in [5.41, 5.74) is 9.88. The quantitative estimate of drug-likeness (QED) is 0.528. The SMILES string of the molecule is CS(=O)(=O)C(C[C@H](N)C(=O)O)C(N)=O.Cl. The fraction of sp³-hybridized carbons (Fsp3) is 0.667. The van der Waals surface area contributed by atoms with Gasteiger partial charge >= 0.3 is 5.97 Å². The first-order chi connectivity index (χ1) is 6.16. The number of carboxylic acid groups (broad SMARTS) is 1. The van der Waals surface area contributed by atoms with E-state index in [9.17, 15) is 18.0 Å². The molecule has 1 amide bonds. The number of hydrogen-bond donors (Lipinski definition) is 3. The molecule has 0 saturated heterocycles. The molecule has 0 fully saturated rings. The van der Waals surface area contributed by atoms with E-state index in [2.05, 4.69) is 0 Å². The lowest BCUT2D eigenvalue weighted by atomic mass is 10.1. The van der Waals surface area contributed by atoms with Crippen molar-refractivity contribution in [1.29, 1.82) is 0 Å². The molecule has 5 N–H and O–H groups in total. The highest BCUT2D eigenvalue weighted by molar-refractivity contribution is 7.92. The maximum Gasteiger partial charge on any atom is 0.320 e. The highest BCUT2D eigenvalue weighted by Crippen LogP contribution is 2.06. The first-order valence-corrected chi connectivity index (χ1v) is 5.58. The summed E-state index contributed by atoms with van der Waals surface area (Å²) < 4.78 is 22.0. The van der Waals surface area contributed by atoms with Gasteiger partial charge < -0.3 is 16.6 Å². The van der Waals surface area contributed by atoms with E-state index in [1.807, 2.05) is 0 Å². The highest BCUT2D eigenvalue weighted by atomic mass is 35.5. The number of halogens is 1. The van der Waals surface area contributed by atoms with Crippen LogP contribution >= 0.6 is 12.4 Å². The van der Waals surface area contributed by atoms with Crippen LogP contribution in [0.1, 0.15) is 6.42 Å². The van der Waals surface area contributed by atoms with Crippen molar-refractivity contribution in [1.82, 2.24) is 0 Å². The first-order valence-electron chi connectivity index (χ1n) is 3.62. The zero-order chi connectivity index (χ0) is 11.5. The summed E-state index contributed by atoms with van der Waals surface area (Å²) in [6, 6.07) is -1.41. The lowest BCUT2D eigenvalue weighted by Crippen LogP contribution is -2.43. The number of primary amides is 1. The number of hydrogen-bond acceptors (Lipinski definition) is 5. The van der Waals surface area contributed by atoms with Crippen molar-refractivity contribution in [2.45, 2.75) is 17.7 Å². The molecule has 0 spiro atoms. The molecular formula is C6H13ClN2O5S. The molecule has 90 valence electrons. The van der Waals surface area contributed by atoms with Gasteiger partial charge in [-0.25, -0.2) is 8.42 Å². The Kier molecular flexibility index (Phi) is 6.50. The van der Waals surface area contributed by atoms with E-state index in [0.717, 1.165) is 6.26 Å². The summed E-state index contributed by atoms with van der Waals surface area (Å²) in [5.74, 6) is -2.47. The molecule has 15 heavy (non-hydrogen) atoms. The minimum atomic E-state index is -3.71. The fourth-order valence-electron chi connectivity index (χ4n) is 0.833. The fourth-order valence-corrected chi connectivity index (χ4v) is 1.81. The predicted molar refractivity (Wildman–Crippen MR) is 55.3 cm³/mol. The van der Waals surface area contributed by atoms with Crippen LogP contribution in [0.15, 0.2) is 0 Å². The van der Waals surface area contributed by atoms with Crippen LogP contribution in [-0.4, -0.2) is 42.9 Å². The zero-order valence-electron chi connectivity index (χ0n) is 7.91. The van der Waals surface area contributed by atoms with E-state index in [0.29, 0.717) is 0 Å². The molecule has 2 atom stereocenters. The van der Waals surface area contributed by atoms with Gasteiger partial charge in [-0.2, -0.15) is 0 Å². The average Bonchev–Trinajstić information content (AvgIpc) is 1.96. The molecule has 0 aliphatic rings. The molecule has 7 nitrogen and oxygen atoms in total. The van der Waals surface area contributed by atoms with Crippen LogP contribution in [-0.2, 0) is 19.4 Å². The number of sulfone groups is 1. The second-order valence-corrected chi connectivity index (χ2v) is 5.13. The number of nitrogens with two attached hydrogens (primary N) is 2. The summed E-state index contributed by atoms with van der Waals surface area (Å²) in [4.78, 5) is 21.0. The van der Waals surface area contributed by atoms with Gasteiger partial charge in [-0.15, -0.1) is 12.4 Å². The summed E-state index contributed by atoms with van der Waals surface area (Å²) in [7, 11) is -3.71. The van der Waals surface area contributed by atoms with Crippen LogP contribution in [0.5, 0.6) is 0 Å². The van der Waals surface area contributed by atoms with Crippen LogP contribution in [0.25, 0.3) is 0 Å². The van der Waals surface area contributed by atoms with Crippen LogP contribution in [0, 0.1) is 0 Å². The van der Waals surface area contributed by atoms with Crippen molar-refractivity contribution >= 4 is 34.1 Å². The Morgan fingerprint density at radius 1 is 1.40 bits per heavy atom. The van der Waals surface area contributed by atoms with Gasteiger partial charge in [0.05, 0.1) is 0 Å². The molecule has 0 aromatic rings. The normalized spacial score (nSPS) is 14.8. The zero-order valence-corrected chi connectivity index (χ0v) is 9.55. The molecule has 0 radical (unpaired) electrons. The van der Waals surface area contributed by atoms with Gasteiger partial charge in [0.15, 0.2) is 9.84 Å². The Bertz CT molecular complexity index is 341. The lowest BCUT2D eigenvalue weighted by Gasteiger charge is -2.13. The van der Waals surface area contributed by atoms with Gasteiger partial charge in [0, 0.05) is 6.26 Å². The van der Waals surface area contributed by atoms with Crippen LogP contribution in [0.2, 0.25) is 0 Å². The molecule has 1 unspecified atom stereocenters. The Morgan fingerprint density at radius 3 is 2.00 bits per heavy atom. The maximum atomic E-state index is 11.0. The van der Waals surface area contributed by atoms with Crippen molar-refractivity contribution in [3.05, 3.63) is 0 Å². The molecule has 0 heterocycles. The van der Waals surface area contributed by atoms with Gasteiger partial charge in [0.2, 0.25) is 5.91 Å². The largest absolute Gasteiger partial charge is 0.480 e. The molecule has 0 aliphatic carbocycles. The van der Waals surface area contributed by atoms with E-state index >= 15 is 0 Å². The average molecular weight is 261 g/mol. The van der Waals surface area contributed by atoms with Crippen molar-refractivity contribution in [3.63, 3.8) is 0 Å². The highest BCUT2D eigenvalue weighted by Gasteiger charge is 2.30. The molecule has 0 bridgehead atoms. The Hall–Kier alpha value is -0.860. The summed E-state index contributed by atoms with van der Waals surface area (Å²) in [6.45, 7) is 0. The van der Waals surface area contributed by atoms with Gasteiger partial charge in [-0.05, 0) is 6.42 Å². The van der Waals surface area contributed by atoms with E-state index in [1.54, 1.807) is 0 Å². The molecule has 9 heteroatoms. The second-order valence-electron chi connectivity index (χ2n) is 2.90. The number of carboxylic acids is 1. The number of carbonyl (C=O) groups excluding carboxylic acids is 1. The number of aliphatic carboxylic acids is 1. The minimum absolute atomic E-state index is 0. The smallest absolute Gasteiger partial charge is 0.320 e. The van der Waals surface area contributed by atoms with E-state index in [4.69, 9.17) is 16.6 Å². The van der Waals surface area contributed by atoms with Crippen LogP contribution in [0.3, 0.4) is 0 Å². The van der Waals surface area contributed by atoms with Crippen LogP contribution in [0.4, 0.5) is 0 Å². The number of carbonyl (C=O) groups is 2. The third kappa shape index (κ3) is 5.55. The van der Waals surface area contributed by atoms with Crippen molar-refractivity contribution < 1.29 is 23.1 Å². The summed E-state index contributed by atoms with van der Waals surface area (Å²) >= 11 is 0. The van der Waals surface area contributed by atoms with Gasteiger partial charge in [-0.1, -0.05) is 0 Å². The summed E-state index contributed by atoms with van der Waals surface area (Å²) in [6.07, 6.45) is 0.292. The Morgan fingerprint density at radius 2 is 1.80 bits per heavy atom. The van der Waals surface area contributed by atoms with E-state index in [-0.39, 0.29) is 12.4 Å². The molecule has 0 aliphatic heterocycles. The molecular weight excluding hydrogens is 248 g/mol. The second kappa shape index (κ2) is 5.89. The maximum absolute atomic E-state index is 11.0. The molecule has 0 aromatic heterocycles. The van der Waals surface area contributed by atoms with Gasteiger partial charge in [0.1, 0.15) is 11.3 Å². The van der Waals surface area contributed by atoms with E-state index < -0.39 is 39.4 Å². The minimum Gasteiger partial charge on any atom is -0.480 e. The monoisotopic (exact) mass is 260 g/mol. The van der Waals surface area contributed by atoms with E-state index in [1.165, 1.54) is 0 Å². The molecule has 0 aromatic carbocycles. The standard InChI is InChI=1S/C6H12N2O5S.ClH/c1-14(12,13)4(5(8)9)2-3(7)6(10)11;/h3-4H,2,7H2,1H3,(H2,8,9)(H,10,11);1H/t3-,4?;/m0./s1. The molecule has 0 saturated carbocycles. The van der Waals surface area contributed by atoms with Crippen LogP contribution < -0.4 is 11.5 Å². The van der Waals surface area contributed by atoms with Gasteiger partial charge in [0.25, 0.3) is 0 Å². The number of amides is 1. The molecule has 0 rings (SSSR count). The van der Waals surface area contributed by atoms with Crippen molar-refractivity contribution in [3.8, 4) is 0 Å². The Labute approximate surface area is 93.1 Å². The Balaban J connectivity index is 0. The van der Waals surface area contributed by atoms with Gasteiger partial charge in [-0.3, -0.25) is 9.59 Å². The first kappa shape index (κ1) is 16.6. The third-order valence-electron chi connectivity index (χ3n) is 1.62. The van der Waals surface area contributed by atoms with Crippen molar-refractivity contribution in [2.75, 3.05) is 6.26 Å².